The summed E-state index contributed by atoms with van der Waals surface area (Å²) in [6.07, 6.45) is 1.41. The monoisotopic (exact) mass is 199 g/mol. The Bertz CT molecular complexity index is 240. The van der Waals surface area contributed by atoms with Crippen molar-refractivity contribution in [1.29, 1.82) is 0 Å². The molecule has 0 radical (unpaired) electrons. The van der Waals surface area contributed by atoms with Crippen LogP contribution < -0.4 is 0 Å². The number of carboxylic acids is 1. The third-order valence-electron chi connectivity index (χ3n) is 2.88. The number of amides is 1. The molecule has 1 aliphatic rings. The first-order valence-corrected chi connectivity index (χ1v) is 5.07. The van der Waals surface area contributed by atoms with Crippen molar-refractivity contribution in [2.24, 2.45) is 11.8 Å². The van der Waals surface area contributed by atoms with Crippen LogP contribution >= 0.6 is 0 Å². The molecule has 2 atom stereocenters. The van der Waals surface area contributed by atoms with Gasteiger partial charge < -0.3 is 10.0 Å². The molecule has 0 aromatic heterocycles. The van der Waals surface area contributed by atoms with Crippen LogP contribution in [0.2, 0.25) is 0 Å². The van der Waals surface area contributed by atoms with E-state index in [0.717, 1.165) is 6.42 Å². The molecule has 0 aromatic rings. The predicted octanol–water partition coefficient (Wildman–Crippen LogP) is 0.966. The van der Waals surface area contributed by atoms with Gasteiger partial charge >= 0.3 is 5.97 Å². The summed E-state index contributed by atoms with van der Waals surface area (Å²) >= 11 is 0. The lowest BCUT2D eigenvalue weighted by molar-refractivity contribution is -0.141. The summed E-state index contributed by atoms with van der Waals surface area (Å²) in [5.41, 5.74) is 0. The lowest BCUT2D eigenvalue weighted by atomic mass is 10.1. The Kier molecular flexibility index (Phi) is 3.49. The third kappa shape index (κ3) is 2.25. The molecule has 1 heterocycles. The zero-order valence-electron chi connectivity index (χ0n) is 8.69. The number of carbonyl (C=O) groups is 2. The van der Waals surface area contributed by atoms with Crippen LogP contribution in [0.4, 0.5) is 0 Å². The average molecular weight is 199 g/mol. The number of hydrogen-bond acceptors (Lipinski definition) is 2. The van der Waals surface area contributed by atoms with Gasteiger partial charge in [-0.1, -0.05) is 13.8 Å². The molecule has 4 heteroatoms. The summed E-state index contributed by atoms with van der Waals surface area (Å²) in [6.45, 7) is 4.84. The van der Waals surface area contributed by atoms with Gasteiger partial charge in [0.1, 0.15) is 0 Å². The minimum atomic E-state index is -0.788. The standard InChI is InChI=1S/C10H17NO3/c1-3-7(2)9(12)11-5-4-8(6-11)10(13)14/h7-8H,3-6H2,1-2H3,(H,13,14). The van der Waals surface area contributed by atoms with Crippen molar-refractivity contribution in [1.82, 2.24) is 4.90 Å². The van der Waals surface area contributed by atoms with Crippen molar-refractivity contribution in [2.75, 3.05) is 13.1 Å². The maximum Gasteiger partial charge on any atom is 0.308 e. The maximum absolute atomic E-state index is 11.7. The van der Waals surface area contributed by atoms with Gasteiger partial charge in [-0.25, -0.2) is 0 Å². The lowest BCUT2D eigenvalue weighted by Gasteiger charge is -2.19. The molecule has 0 spiro atoms. The SMILES string of the molecule is CCC(C)C(=O)N1CCC(C(=O)O)C1. The smallest absolute Gasteiger partial charge is 0.308 e. The molecule has 0 aliphatic carbocycles. The zero-order chi connectivity index (χ0) is 10.7. The minimum absolute atomic E-state index is 0.0162. The quantitative estimate of drug-likeness (QED) is 0.736. The van der Waals surface area contributed by atoms with E-state index in [0.29, 0.717) is 19.5 Å². The maximum atomic E-state index is 11.7. The van der Waals surface area contributed by atoms with E-state index < -0.39 is 5.97 Å². The van der Waals surface area contributed by atoms with E-state index in [-0.39, 0.29) is 17.7 Å². The molecule has 4 nitrogen and oxygen atoms in total. The highest BCUT2D eigenvalue weighted by Crippen LogP contribution is 2.19. The van der Waals surface area contributed by atoms with E-state index in [1.165, 1.54) is 0 Å². The molecule has 0 bridgehead atoms. The summed E-state index contributed by atoms with van der Waals surface area (Å²) in [6, 6.07) is 0. The van der Waals surface area contributed by atoms with Crippen LogP contribution in [-0.2, 0) is 9.59 Å². The fraction of sp³-hybridized carbons (Fsp3) is 0.800. The first kappa shape index (κ1) is 11.0. The third-order valence-corrected chi connectivity index (χ3v) is 2.88. The number of carboxylic acid groups (broad SMARTS) is 1. The molecule has 80 valence electrons. The molecule has 0 saturated carbocycles. The van der Waals surface area contributed by atoms with Gasteiger partial charge in [-0.15, -0.1) is 0 Å². The van der Waals surface area contributed by atoms with E-state index in [9.17, 15) is 9.59 Å². The van der Waals surface area contributed by atoms with Crippen molar-refractivity contribution in [3.05, 3.63) is 0 Å². The van der Waals surface area contributed by atoms with E-state index in [2.05, 4.69) is 0 Å². The van der Waals surface area contributed by atoms with Crippen LogP contribution in [0.3, 0.4) is 0 Å². The van der Waals surface area contributed by atoms with Gasteiger partial charge in [-0.05, 0) is 12.8 Å². The molecule has 1 N–H and O–H groups in total. The fourth-order valence-electron chi connectivity index (χ4n) is 1.65. The average Bonchev–Trinajstić information content (AvgIpc) is 2.64. The lowest BCUT2D eigenvalue weighted by Crippen LogP contribution is -2.33. The van der Waals surface area contributed by atoms with Crippen molar-refractivity contribution >= 4 is 11.9 Å². The molecule has 0 aromatic carbocycles. The van der Waals surface area contributed by atoms with Gasteiger partial charge in [0, 0.05) is 19.0 Å². The highest BCUT2D eigenvalue weighted by Gasteiger charge is 2.31. The van der Waals surface area contributed by atoms with Crippen LogP contribution in [0.5, 0.6) is 0 Å². The second kappa shape index (κ2) is 4.44. The molecule has 1 fully saturated rings. The zero-order valence-corrected chi connectivity index (χ0v) is 8.69. The summed E-state index contributed by atoms with van der Waals surface area (Å²) in [5.74, 6) is -1.04. The number of rotatable bonds is 3. The summed E-state index contributed by atoms with van der Waals surface area (Å²) in [4.78, 5) is 24.0. The van der Waals surface area contributed by atoms with Crippen LogP contribution in [0.1, 0.15) is 26.7 Å². The van der Waals surface area contributed by atoms with Gasteiger partial charge in [-0.2, -0.15) is 0 Å². The largest absolute Gasteiger partial charge is 0.481 e. The van der Waals surface area contributed by atoms with Gasteiger partial charge in [0.05, 0.1) is 5.92 Å². The number of likely N-dealkylation sites (tertiary alicyclic amines) is 1. The number of aliphatic carboxylic acids is 1. The van der Waals surface area contributed by atoms with Crippen LogP contribution in [-0.4, -0.2) is 35.0 Å². The van der Waals surface area contributed by atoms with Gasteiger partial charge in [-0.3, -0.25) is 9.59 Å². The van der Waals surface area contributed by atoms with Crippen LogP contribution in [0.15, 0.2) is 0 Å². The molecule has 1 aliphatic heterocycles. The highest BCUT2D eigenvalue weighted by molar-refractivity contribution is 5.80. The van der Waals surface area contributed by atoms with Crippen LogP contribution in [0.25, 0.3) is 0 Å². The van der Waals surface area contributed by atoms with Crippen molar-refractivity contribution in [3.8, 4) is 0 Å². The highest BCUT2D eigenvalue weighted by atomic mass is 16.4. The molecule has 1 saturated heterocycles. The first-order valence-electron chi connectivity index (χ1n) is 5.07. The Morgan fingerprint density at radius 2 is 2.21 bits per heavy atom. The minimum Gasteiger partial charge on any atom is -0.481 e. The number of nitrogens with zero attached hydrogens (tertiary/aromatic N) is 1. The molecular formula is C10H17NO3. The van der Waals surface area contributed by atoms with E-state index >= 15 is 0 Å². The Morgan fingerprint density at radius 1 is 1.57 bits per heavy atom. The second-order valence-corrected chi connectivity index (χ2v) is 3.92. The van der Waals surface area contributed by atoms with E-state index in [1.54, 1.807) is 4.90 Å². The molecular weight excluding hydrogens is 182 g/mol. The molecule has 1 rings (SSSR count). The van der Waals surface area contributed by atoms with Crippen molar-refractivity contribution in [2.45, 2.75) is 26.7 Å². The second-order valence-electron chi connectivity index (χ2n) is 3.92. The Hall–Kier alpha value is -1.06. The van der Waals surface area contributed by atoms with Crippen molar-refractivity contribution in [3.63, 3.8) is 0 Å². The van der Waals surface area contributed by atoms with Crippen LogP contribution in [0, 0.1) is 11.8 Å². The van der Waals surface area contributed by atoms with E-state index in [4.69, 9.17) is 5.11 Å². The Labute approximate surface area is 83.9 Å². The topological polar surface area (TPSA) is 57.6 Å². The molecule has 2 unspecified atom stereocenters. The first-order chi connectivity index (χ1) is 6.56. The number of carbonyl (C=O) groups excluding carboxylic acids is 1. The van der Waals surface area contributed by atoms with Gasteiger partial charge in [0.25, 0.3) is 0 Å². The summed E-state index contributed by atoms with van der Waals surface area (Å²) in [5, 5.41) is 8.77. The summed E-state index contributed by atoms with van der Waals surface area (Å²) < 4.78 is 0. The van der Waals surface area contributed by atoms with Gasteiger partial charge in [0.2, 0.25) is 5.91 Å². The Morgan fingerprint density at radius 3 is 2.64 bits per heavy atom. The predicted molar refractivity (Wildman–Crippen MR) is 51.8 cm³/mol. The molecule has 14 heavy (non-hydrogen) atoms. The molecule has 1 amide bonds. The number of hydrogen-bond donors (Lipinski definition) is 1. The van der Waals surface area contributed by atoms with Crippen molar-refractivity contribution < 1.29 is 14.7 Å². The normalized spacial score (nSPS) is 23.6. The van der Waals surface area contributed by atoms with E-state index in [1.807, 2.05) is 13.8 Å². The Balaban J connectivity index is 2.49. The van der Waals surface area contributed by atoms with Gasteiger partial charge in [0.15, 0.2) is 0 Å². The fourth-order valence-corrected chi connectivity index (χ4v) is 1.65. The summed E-state index contributed by atoms with van der Waals surface area (Å²) in [7, 11) is 0.